The first-order valence-corrected chi connectivity index (χ1v) is 2.19. The molecule has 0 amide bonds. The Kier molecular flexibility index (Phi) is 15.6. The Balaban J connectivity index is -0.0000000800. The van der Waals surface area contributed by atoms with Crippen LogP contribution in [0.2, 0.25) is 0 Å². The third-order valence-electron chi connectivity index (χ3n) is 0. The number of hydrogen-bond acceptors (Lipinski definition) is 4. The van der Waals surface area contributed by atoms with Crippen LogP contribution in [0.1, 0.15) is 0 Å². The fourth-order valence-corrected chi connectivity index (χ4v) is 0. The molecule has 0 aromatic heterocycles. The maximum absolute atomic E-state index is 8.55. The maximum Gasteiger partial charge on any atom is 3.00 e. The Morgan fingerprint density at radius 1 is 1.14 bits per heavy atom. The van der Waals surface area contributed by atoms with Gasteiger partial charge >= 0.3 is 74.2 Å². The zero-order valence-corrected chi connectivity index (χ0v) is 9.65. The molecule has 0 unspecified atom stereocenters. The number of hydrogen-bond donors (Lipinski definition) is 0. The second-order valence-corrected chi connectivity index (χ2v) is 1.34. The molecule has 0 bridgehead atoms. The van der Waals surface area contributed by atoms with Crippen molar-refractivity contribution in [1.29, 1.82) is 0 Å². The summed E-state index contributed by atoms with van der Waals surface area (Å²) in [5, 5.41) is 0. The minimum atomic E-state index is -5.39. The van der Waals surface area contributed by atoms with Gasteiger partial charge in [-0.1, -0.05) is 0 Å². The molecule has 0 saturated heterocycles. The van der Waals surface area contributed by atoms with Crippen molar-refractivity contribution in [2.75, 3.05) is 0 Å². The van der Waals surface area contributed by atoms with Crippen LogP contribution < -0.4 is 14.7 Å². The van der Waals surface area contributed by atoms with Gasteiger partial charge in [0.25, 0.3) is 0 Å². The Morgan fingerprint density at radius 2 is 1.14 bits per heavy atom. The van der Waals surface area contributed by atoms with Crippen molar-refractivity contribution in [3.63, 3.8) is 0 Å². The number of phosphoric acid groups is 1. The first-order chi connectivity index (χ1) is 2.00. The third-order valence-corrected chi connectivity index (χ3v) is 0. The smallest absolute Gasteiger partial charge is 0.822 e. The monoisotopic (exact) mass is 393 g/mol. The topological polar surface area (TPSA) is 86.2 Å². The van der Waals surface area contributed by atoms with E-state index in [-0.39, 0.29) is 74.2 Å². The molecule has 7 heavy (non-hydrogen) atoms. The molecule has 38 valence electrons. The van der Waals surface area contributed by atoms with Gasteiger partial charge in [-0.05, 0) is 0 Å². The van der Waals surface area contributed by atoms with Gasteiger partial charge in [-0.15, -0.1) is 0 Å². The molecule has 0 atom stereocenters. The zero-order valence-electron chi connectivity index (χ0n) is 2.99. The van der Waals surface area contributed by atoms with E-state index < -0.39 is 7.82 Å². The van der Waals surface area contributed by atoms with E-state index in [2.05, 4.69) is 0 Å². The molecule has 0 saturated carbocycles. The van der Waals surface area contributed by atoms with Crippen LogP contribution in [-0.2, 0) is 4.57 Å². The van der Waals surface area contributed by atoms with Gasteiger partial charge in [0.05, 0.1) is 0 Å². The molecule has 0 aromatic carbocycles. The molecule has 7 heteroatoms. The van der Waals surface area contributed by atoms with Gasteiger partial charge in [-0.2, -0.15) is 7.82 Å². The summed E-state index contributed by atoms with van der Waals surface area (Å²) in [6.45, 7) is 0. The largest absolute Gasteiger partial charge is 3.00 e. The molecule has 0 aliphatic carbocycles. The Bertz CT molecular complexity index is 57.8. The number of rotatable bonds is 0. The van der Waals surface area contributed by atoms with Crippen LogP contribution in [0.5, 0.6) is 0 Å². The SMILES string of the molecule is O=P([O-])([O-])[O-].[La+3].[Tb+3]. The van der Waals surface area contributed by atoms with Gasteiger partial charge in [-0.25, -0.2) is 0 Å². The first-order valence-electron chi connectivity index (χ1n) is 0.730. The van der Waals surface area contributed by atoms with Crippen LogP contribution in [0.4, 0.5) is 0 Å². The van der Waals surface area contributed by atoms with Crippen LogP contribution in [0.3, 0.4) is 0 Å². The fraction of sp³-hybridized carbons (Fsp3) is 0. The van der Waals surface area contributed by atoms with Crippen molar-refractivity contribution < 1.29 is 93.5 Å². The van der Waals surface area contributed by atoms with Crippen LogP contribution >= 0.6 is 7.82 Å². The van der Waals surface area contributed by atoms with Gasteiger partial charge in [0, 0.05) is 0 Å². The van der Waals surface area contributed by atoms with Gasteiger partial charge in [0.2, 0.25) is 0 Å². The zero-order chi connectivity index (χ0) is 4.50. The Labute approximate surface area is 99.3 Å². The minimum absolute atomic E-state index is 0. The van der Waals surface area contributed by atoms with Gasteiger partial charge in [0.15, 0.2) is 0 Å². The van der Waals surface area contributed by atoms with E-state index in [1.54, 1.807) is 0 Å². The average Bonchev–Trinajstić information content (AvgIpc) is 0.722. The molecule has 4 nitrogen and oxygen atoms in total. The summed E-state index contributed by atoms with van der Waals surface area (Å²) in [6.07, 6.45) is 0. The summed E-state index contributed by atoms with van der Waals surface area (Å²) in [5.41, 5.74) is 0. The summed E-state index contributed by atoms with van der Waals surface area (Å²) in [5.74, 6) is 0. The molecular weight excluding hydrogens is 393 g/mol. The van der Waals surface area contributed by atoms with Crippen LogP contribution in [0.15, 0.2) is 0 Å². The summed E-state index contributed by atoms with van der Waals surface area (Å²) < 4.78 is 8.55. The van der Waals surface area contributed by atoms with Crippen LogP contribution in [-0.4, -0.2) is 0 Å². The van der Waals surface area contributed by atoms with Crippen molar-refractivity contribution in [2.45, 2.75) is 0 Å². The molecule has 0 fully saturated rings. The van der Waals surface area contributed by atoms with E-state index >= 15 is 0 Å². The van der Waals surface area contributed by atoms with E-state index in [1.807, 2.05) is 0 Å². The molecule has 0 heterocycles. The molecule has 0 aliphatic heterocycles. The average molecular weight is 393 g/mol. The summed E-state index contributed by atoms with van der Waals surface area (Å²) >= 11 is 0. The quantitative estimate of drug-likeness (QED) is 0.416. The third kappa shape index (κ3) is 55.6. The first kappa shape index (κ1) is 16.3. The Morgan fingerprint density at radius 3 is 1.14 bits per heavy atom. The van der Waals surface area contributed by atoms with Crippen LogP contribution in [0.25, 0.3) is 0 Å². The molecule has 0 N–H and O–H groups in total. The van der Waals surface area contributed by atoms with Gasteiger partial charge < -0.3 is 19.2 Å². The molecule has 0 aliphatic rings. The van der Waals surface area contributed by atoms with Gasteiger partial charge in [0.1, 0.15) is 0 Å². The predicted molar refractivity (Wildman–Crippen MR) is 7.61 cm³/mol. The van der Waals surface area contributed by atoms with E-state index in [9.17, 15) is 0 Å². The summed E-state index contributed by atoms with van der Waals surface area (Å²) in [4.78, 5) is 25.6. The molecule has 0 spiro atoms. The molecule has 0 aromatic rings. The van der Waals surface area contributed by atoms with Crippen molar-refractivity contribution in [3.05, 3.63) is 0 Å². The van der Waals surface area contributed by atoms with E-state index in [0.29, 0.717) is 0 Å². The normalized spacial score (nSPS) is 8.43. The van der Waals surface area contributed by atoms with Crippen molar-refractivity contribution in [3.8, 4) is 0 Å². The fourth-order valence-electron chi connectivity index (χ4n) is 0. The Hall–Kier alpha value is 2.59. The van der Waals surface area contributed by atoms with E-state index in [4.69, 9.17) is 19.2 Å². The van der Waals surface area contributed by atoms with Gasteiger partial charge in [-0.3, -0.25) is 0 Å². The minimum Gasteiger partial charge on any atom is -0.822 e. The van der Waals surface area contributed by atoms with Crippen molar-refractivity contribution >= 4 is 7.82 Å². The van der Waals surface area contributed by atoms with Crippen LogP contribution in [0, 0.1) is 74.2 Å². The summed E-state index contributed by atoms with van der Waals surface area (Å²) in [6, 6.07) is 0. The van der Waals surface area contributed by atoms with Crippen molar-refractivity contribution in [1.82, 2.24) is 0 Å². The van der Waals surface area contributed by atoms with Crippen molar-refractivity contribution in [2.24, 2.45) is 0 Å². The molecule has 0 radical (unpaired) electrons. The summed E-state index contributed by atoms with van der Waals surface area (Å²) in [7, 11) is -5.39. The maximum atomic E-state index is 8.55. The standard InChI is InChI=1S/La.H3O4P.Tb/c;1-5(2,3)4;/h;(H3,1,2,3,4);/q+3;;+3/p-3. The second kappa shape index (κ2) is 6.71. The molecule has 0 rings (SSSR count). The van der Waals surface area contributed by atoms with E-state index in [0.717, 1.165) is 0 Å². The predicted octanol–water partition coefficient (Wildman–Crippen LogP) is -2.82. The molecular formula is LaO4PTb+3. The van der Waals surface area contributed by atoms with E-state index in [1.165, 1.54) is 0 Å². The second-order valence-electron chi connectivity index (χ2n) is 0.447.